The van der Waals surface area contributed by atoms with Gasteiger partial charge in [0.05, 0.1) is 5.69 Å². The van der Waals surface area contributed by atoms with Crippen molar-refractivity contribution in [3.05, 3.63) is 24.3 Å². The number of nitrogens with two attached hydrogens (primary N) is 1. The molecule has 1 aromatic rings. The van der Waals surface area contributed by atoms with Crippen LogP contribution in [0.15, 0.2) is 24.3 Å². The minimum Gasteiger partial charge on any atom is -0.465 e. The van der Waals surface area contributed by atoms with Crippen LogP contribution in [-0.2, 0) is 9.30 Å². The minimum atomic E-state index is 0.149. The van der Waals surface area contributed by atoms with E-state index in [-0.39, 0.29) is 31.7 Å². The van der Waals surface area contributed by atoms with Crippen LogP contribution in [0.4, 0.5) is 5.69 Å². The molecule has 5 heteroatoms. The van der Waals surface area contributed by atoms with E-state index in [1.54, 1.807) is 19.2 Å². The first-order chi connectivity index (χ1) is 10.5. The molecule has 0 aliphatic carbocycles. The zero-order valence-corrected chi connectivity index (χ0v) is 16.4. The predicted molar refractivity (Wildman–Crippen MR) is 98.3 cm³/mol. The normalized spacial score (nSPS) is 13.2. The number of benzene rings is 1. The Morgan fingerprint density at radius 3 is 2.04 bits per heavy atom. The molecule has 4 nitrogen and oxygen atoms in total. The topological polar surface area (TPSA) is 61.5 Å². The lowest BCUT2D eigenvalue weighted by Gasteiger charge is -2.30. The summed E-state index contributed by atoms with van der Waals surface area (Å²) in [5, 5.41) is 0. The molecule has 0 spiro atoms. The van der Waals surface area contributed by atoms with Gasteiger partial charge in [-0.2, -0.15) is 0 Å². The van der Waals surface area contributed by atoms with E-state index in [0.717, 1.165) is 6.42 Å². The number of ether oxygens (including phenoxy) is 2. The molecule has 0 aromatic heterocycles. The van der Waals surface area contributed by atoms with Gasteiger partial charge in [-0.05, 0) is 29.4 Å². The van der Waals surface area contributed by atoms with Crippen LogP contribution in [-0.4, -0.2) is 19.6 Å². The number of rotatable bonds is 5. The highest BCUT2D eigenvalue weighted by Gasteiger charge is 2.29. The van der Waals surface area contributed by atoms with Crippen molar-refractivity contribution in [1.82, 2.24) is 0 Å². The molecule has 0 aliphatic rings. The summed E-state index contributed by atoms with van der Waals surface area (Å²) in [6.45, 7) is 13.2. The second-order valence-electron chi connectivity index (χ2n) is 7.84. The maximum absolute atomic E-state index is 10.9. The summed E-state index contributed by atoms with van der Waals surface area (Å²) >= 11 is 0. The summed E-state index contributed by atoms with van der Waals surface area (Å²) in [5.74, 6) is 0.661. The third-order valence-electron chi connectivity index (χ3n) is 3.18. The van der Waals surface area contributed by atoms with Crippen molar-refractivity contribution < 1.29 is 14.0 Å². The van der Waals surface area contributed by atoms with Crippen molar-refractivity contribution in [1.29, 1.82) is 0 Å². The van der Waals surface area contributed by atoms with Gasteiger partial charge in [-0.25, -0.2) is 0 Å². The van der Waals surface area contributed by atoms with Gasteiger partial charge in [0.25, 0.3) is 0 Å². The van der Waals surface area contributed by atoms with Crippen molar-refractivity contribution in [2.45, 2.75) is 53.6 Å². The smallest absolute Gasteiger partial charge is 0.188 e. The van der Waals surface area contributed by atoms with Gasteiger partial charge in [-0.15, -0.1) is 0 Å². The molecule has 132 valence electrons. The molecular weight excluding hydrogens is 309 g/mol. The van der Waals surface area contributed by atoms with Gasteiger partial charge < -0.3 is 15.2 Å². The molecule has 0 heterocycles. The van der Waals surface area contributed by atoms with Gasteiger partial charge >= 0.3 is 0 Å². The molecule has 1 unspecified atom stereocenters. The minimum absolute atomic E-state index is 0.149. The number of methoxy groups -OCH3 is 1. The Morgan fingerprint density at radius 1 is 1.13 bits per heavy atom. The molecule has 0 bridgehead atoms. The van der Waals surface area contributed by atoms with E-state index >= 15 is 0 Å². The van der Waals surface area contributed by atoms with E-state index in [2.05, 4.69) is 41.5 Å². The molecule has 2 N–H and O–H groups in total. The van der Waals surface area contributed by atoms with Crippen LogP contribution < -0.4 is 10.5 Å². The first kappa shape index (κ1) is 21.9. The second-order valence-corrected chi connectivity index (χ2v) is 8.67. The lowest BCUT2D eigenvalue weighted by Crippen LogP contribution is -2.25. The molecule has 1 atom stereocenters. The van der Waals surface area contributed by atoms with Crippen LogP contribution in [0.1, 0.15) is 48.0 Å². The Morgan fingerprint density at radius 2 is 1.70 bits per heavy atom. The number of para-hydroxylation sites is 2. The fourth-order valence-electron chi connectivity index (χ4n) is 1.82. The number of hydrogen-bond acceptors (Lipinski definition) is 4. The second kappa shape index (κ2) is 9.89. The maximum Gasteiger partial charge on any atom is 0.188 e. The van der Waals surface area contributed by atoms with E-state index in [9.17, 15) is 4.57 Å². The first-order valence-electron chi connectivity index (χ1n) is 7.80. The molecule has 1 rings (SSSR count). The van der Waals surface area contributed by atoms with Crippen LogP contribution in [0.25, 0.3) is 0 Å². The first-order valence-corrected chi connectivity index (χ1v) is 8.68. The molecule has 0 amide bonds. The van der Waals surface area contributed by atoms with Crippen LogP contribution in [0.5, 0.6) is 5.75 Å². The standard InChI is InChI=1S/C10H21OP.C8H11NO2/c1-9(2,3)7-8(12-11)10(4,5)6;1-10-6-11-8-5-3-2-4-7(8)9/h8H,7H2,1-6H3;2-5H,6,9H2,1H3. The molecular formula is C18H32NO3P. The fraction of sp³-hybridized carbons (Fsp3) is 0.667. The van der Waals surface area contributed by atoms with Crippen LogP contribution in [0.2, 0.25) is 0 Å². The average Bonchev–Trinajstić information content (AvgIpc) is 2.42. The largest absolute Gasteiger partial charge is 0.465 e. The van der Waals surface area contributed by atoms with E-state index in [1.807, 2.05) is 12.1 Å². The Hall–Kier alpha value is -1.12. The third-order valence-corrected chi connectivity index (χ3v) is 4.40. The van der Waals surface area contributed by atoms with E-state index < -0.39 is 0 Å². The highest BCUT2D eigenvalue weighted by atomic mass is 31.1. The molecule has 0 radical (unpaired) electrons. The Labute approximate surface area is 143 Å². The van der Waals surface area contributed by atoms with Gasteiger partial charge in [-0.3, -0.25) is 4.57 Å². The Bertz CT molecular complexity index is 464. The monoisotopic (exact) mass is 341 g/mol. The number of nitrogen functional groups attached to an aromatic ring is 1. The summed E-state index contributed by atoms with van der Waals surface area (Å²) in [6, 6.07) is 7.30. The zero-order valence-electron chi connectivity index (χ0n) is 15.6. The molecule has 0 fully saturated rings. The lowest BCUT2D eigenvalue weighted by molar-refractivity contribution is 0.0516. The summed E-state index contributed by atoms with van der Waals surface area (Å²) < 4.78 is 20.8. The van der Waals surface area contributed by atoms with Crippen LogP contribution >= 0.6 is 8.46 Å². The Balaban J connectivity index is 0.000000422. The fourth-order valence-corrected chi connectivity index (χ4v) is 2.75. The van der Waals surface area contributed by atoms with Gasteiger partial charge in [0, 0.05) is 12.8 Å². The summed E-state index contributed by atoms with van der Waals surface area (Å²) in [5.41, 5.74) is 6.91. The van der Waals surface area contributed by atoms with Gasteiger partial charge in [0.1, 0.15) is 5.75 Å². The van der Waals surface area contributed by atoms with Gasteiger partial charge in [-0.1, -0.05) is 53.7 Å². The quantitative estimate of drug-likeness (QED) is 0.444. The van der Waals surface area contributed by atoms with Crippen molar-refractivity contribution in [2.75, 3.05) is 19.6 Å². The maximum atomic E-state index is 10.9. The highest BCUT2D eigenvalue weighted by molar-refractivity contribution is 7.24. The van der Waals surface area contributed by atoms with Crippen LogP contribution in [0, 0.1) is 10.8 Å². The number of hydrogen-bond donors (Lipinski definition) is 1. The Kier molecular flexibility index (Phi) is 9.41. The molecule has 0 aliphatic heterocycles. The van der Waals surface area contributed by atoms with Crippen LogP contribution in [0.3, 0.4) is 0 Å². The summed E-state index contributed by atoms with van der Waals surface area (Å²) in [7, 11) is 1.86. The molecule has 1 aromatic carbocycles. The lowest BCUT2D eigenvalue weighted by atomic mass is 9.81. The van der Waals surface area contributed by atoms with Crippen molar-refractivity contribution in [3.63, 3.8) is 0 Å². The average molecular weight is 341 g/mol. The summed E-state index contributed by atoms with van der Waals surface area (Å²) in [6.07, 6.45) is 1.02. The van der Waals surface area contributed by atoms with Crippen molar-refractivity contribution >= 4 is 14.1 Å². The third kappa shape index (κ3) is 10.3. The zero-order chi connectivity index (χ0) is 18.1. The molecule has 0 saturated heterocycles. The molecule has 0 saturated carbocycles. The van der Waals surface area contributed by atoms with Crippen molar-refractivity contribution in [3.8, 4) is 5.75 Å². The van der Waals surface area contributed by atoms with E-state index in [0.29, 0.717) is 11.4 Å². The molecule has 23 heavy (non-hydrogen) atoms. The SMILES string of the molecule is CC(C)(C)CC(P=O)C(C)(C)C.COCOc1ccccc1N. The van der Waals surface area contributed by atoms with Gasteiger partial charge in [0.2, 0.25) is 0 Å². The highest BCUT2D eigenvalue weighted by Crippen LogP contribution is 2.37. The van der Waals surface area contributed by atoms with Gasteiger partial charge in [0.15, 0.2) is 15.3 Å². The predicted octanol–water partition coefficient (Wildman–Crippen LogP) is 5.38. The van der Waals surface area contributed by atoms with E-state index in [4.69, 9.17) is 15.2 Å². The van der Waals surface area contributed by atoms with E-state index in [1.165, 1.54) is 0 Å². The summed E-state index contributed by atoms with van der Waals surface area (Å²) in [4.78, 5) is 0. The van der Waals surface area contributed by atoms with Crippen molar-refractivity contribution in [2.24, 2.45) is 10.8 Å². The number of anilines is 1.